The molecule has 0 fully saturated rings. The zero-order chi connectivity index (χ0) is 16.1. The highest BCUT2D eigenvalue weighted by Gasteiger charge is 2.18. The molecule has 2 aromatic rings. The summed E-state index contributed by atoms with van der Waals surface area (Å²) in [6.07, 6.45) is -0.607. The third kappa shape index (κ3) is 4.37. The van der Waals surface area contributed by atoms with Gasteiger partial charge in [0.25, 0.3) is 0 Å². The largest absolute Gasteiger partial charge is 0.481 e. The number of aliphatic carboxylic acids is 2. The highest BCUT2D eigenvalue weighted by Crippen LogP contribution is 2.34. The van der Waals surface area contributed by atoms with Gasteiger partial charge in [-0.15, -0.1) is 22.7 Å². The van der Waals surface area contributed by atoms with Crippen molar-refractivity contribution in [2.45, 2.75) is 19.3 Å². The zero-order valence-corrected chi connectivity index (χ0v) is 12.9. The second-order valence-electron chi connectivity index (χ2n) is 4.28. The van der Waals surface area contributed by atoms with Crippen molar-refractivity contribution < 1.29 is 24.6 Å². The average Bonchev–Trinajstić information content (AvgIpc) is 3.05. The van der Waals surface area contributed by atoms with Crippen LogP contribution in [-0.4, -0.2) is 33.0 Å². The first kappa shape index (κ1) is 16.1. The third-order valence-corrected chi connectivity index (χ3v) is 4.42. The maximum Gasteiger partial charge on any atom is 0.308 e. The topological polar surface area (TPSA) is 117 Å². The van der Waals surface area contributed by atoms with Gasteiger partial charge < -0.3 is 15.5 Å². The number of rotatable bonds is 7. The molecule has 0 aromatic carbocycles. The van der Waals surface area contributed by atoms with Gasteiger partial charge in [0, 0.05) is 11.3 Å². The molecule has 116 valence electrons. The quantitative estimate of drug-likeness (QED) is 0.712. The number of anilines is 1. The number of amides is 1. The van der Waals surface area contributed by atoms with E-state index in [0.29, 0.717) is 10.6 Å². The van der Waals surface area contributed by atoms with Crippen molar-refractivity contribution in [3.05, 3.63) is 22.4 Å². The summed E-state index contributed by atoms with van der Waals surface area (Å²) in [5.41, 5.74) is 0.538. The standard InChI is InChI=1S/C13H12N2O5S2/c16-9(3-4-10(17)18)14-13-15-12(7-2-1-5-21-7)8(22-13)6-11(19)20/h1-2,5H,3-4,6H2,(H,17,18)(H,19,20)(H,14,15,16). The molecule has 0 unspecified atom stereocenters. The second-order valence-corrected chi connectivity index (χ2v) is 6.31. The Morgan fingerprint density at radius 3 is 2.55 bits per heavy atom. The Hall–Kier alpha value is -2.26. The lowest BCUT2D eigenvalue weighted by molar-refractivity contribution is -0.138. The molecule has 2 heterocycles. The number of carbonyl (C=O) groups excluding carboxylic acids is 1. The van der Waals surface area contributed by atoms with Gasteiger partial charge in [0.15, 0.2) is 5.13 Å². The predicted molar refractivity (Wildman–Crippen MR) is 82.3 cm³/mol. The minimum atomic E-state index is -1.06. The van der Waals surface area contributed by atoms with E-state index in [2.05, 4.69) is 10.3 Å². The summed E-state index contributed by atoms with van der Waals surface area (Å²) in [5.74, 6) is -2.50. The Morgan fingerprint density at radius 2 is 1.95 bits per heavy atom. The molecule has 9 heteroatoms. The highest BCUT2D eigenvalue weighted by molar-refractivity contribution is 7.17. The number of nitrogens with zero attached hydrogens (tertiary/aromatic N) is 1. The normalized spacial score (nSPS) is 10.4. The van der Waals surface area contributed by atoms with E-state index >= 15 is 0 Å². The molecule has 7 nitrogen and oxygen atoms in total. The van der Waals surface area contributed by atoms with E-state index in [1.165, 1.54) is 11.3 Å². The molecule has 0 aliphatic rings. The number of carboxylic acid groups (broad SMARTS) is 2. The van der Waals surface area contributed by atoms with Crippen molar-refractivity contribution in [3.63, 3.8) is 0 Å². The zero-order valence-electron chi connectivity index (χ0n) is 11.2. The van der Waals surface area contributed by atoms with Gasteiger partial charge >= 0.3 is 11.9 Å². The highest BCUT2D eigenvalue weighted by atomic mass is 32.1. The van der Waals surface area contributed by atoms with Crippen molar-refractivity contribution in [1.29, 1.82) is 0 Å². The van der Waals surface area contributed by atoms with Crippen LogP contribution >= 0.6 is 22.7 Å². The molecule has 0 spiro atoms. The number of nitrogens with one attached hydrogen (secondary N) is 1. The van der Waals surface area contributed by atoms with Crippen molar-refractivity contribution in [2.75, 3.05) is 5.32 Å². The van der Waals surface area contributed by atoms with Gasteiger partial charge in [-0.05, 0) is 11.4 Å². The first-order valence-electron chi connectivity index (χ1n) is 6.22. The maximum atomic E-state index is 11.6. The Kier molecular flexibility index (Phi) is 5.23. The summed E-state index contributed by atoms with van der Waals surface area (Å²) in [4.78, 5) is 38.6. The van der Waals surface area contributed by atoms with Gasteiger partial charge in [-0.1, -0.05) is 6.07 Å². The van der Waals surface area contributed by atoms with Crippen LogP contribution in [0.25, 0.3) is 10.6 Å². The predicted octanol–water partition coefficient (Wildman–Crippen LogP) is 2.30. The SMILES string of the molecule is O=C(O)CCC(=O)Nc1nc(-c2cccs2)c(CC(=O)O)s1. The van der Waals surface area contributed by atoms with E-state index in [0.717, 1.165) is 16.2 Å². The average molecular weight is 340 g/mol. The minimum absolute atomic E-state index is 0.155. The van der Waals surface area contributed by atoms with Crippen LogP contribution in [-0.2, 0) is 20.8 Å². The summed E-state index contributed by atoms with van der Waals surface area (Å²) >= 11 is 2.51. The Labute approximate surface area is 133 Å². The molecule has 2 rings (SSSR count). The number of carboxylic acids is 2. The number of hydrogen-bond acceptors (Lipinski definition) is 6. The van der Waals surface area contributed by atoms with Gasteiger partial charge in [-0.25, -0.2) is 4.98 Å². The van der Waals surface area contributed by atoms with Crippen molar-refractivity contribution in [2.24, 2.45) is 0 Å². The van der Waals surface area contributed by atoms with Crippen LogP contribution in [0.5, 0.6) is 0 Å². The number of aromatic nitrogens is 1. The van der Waals surface area contributed by atoms with Crippen molar-refractivity contribution >= 4 is 45.7 Å². The summed E-state index contributed by atoms with van der Waals surface area (Å²) in [6.45, 7) is 0. The van der Waals surface area contributed by atoms with Gasteiger partial charge in [0.05, 0.1) is 23.4 Å². The summed E-state index contributed by atoms with van der Waals surface area (Å²) in [5, 5.41) is 22.1. The Balaban J connectivity index is 2.17. The molecular formula is C13H12N2O5S2. The maximum absolute atomic E-state index is 11.6. The number of hydrogen-bond donors (Lipinski definition) is 3. The molecular weight excluding hydrogens is 328 g/mol. The minimum Gasteiger partial charge on any atom is -0.481 e. The smallest absolute Gasteiger partial charge is 0.308 e. The molecule has 1 amide bonds. The molecule has 0 atom stereocenters. The monoisotopic (exact) mass is 340 g/mol. The fourth-order valence-corrected chi connectivity index (χ4v) is 3.46. The molecule has 3 N–H and O–H groups in total. The molecule has 0 aliphatic heterocycles. The van der Waals surface area contributed by atoms with Crippen LogP contribution in [0.3, 0.4) is 0 Å². The summed E-state index contributed by atoms with van der Waals surface area (Å²) in [7, 11) is 0. The fraction of sp³-hybridized carbons (Fsp3) is 0.231. The van der Waals surface area contributed by atoms with Gasteiger partial charge in [0.2, 0.25) is 5.91 Å². The summed E-state index contributed by atoms with van der Waals surface area (Å²) < 4.78 is 0. The number of carbonyl (C=O) groups is 3. The molecule has 0 aliphatic carbocycles. The van der Waals surface area contributed by atoms with Crippen LogP contribution in [0.2, 0.25) is 0 Å². The number of thiophene rings is 1. The third-order valence-electron chi connectivity index (χ3n) is 2.58. The lowest BCUT2D eigenvalue weighted by Gasteiger charge is -1.98. The van der Waals surface area contributed by atoms with Crippen molar-refractivity contribution in [1.82, 2.24) is 4.98 Å². The van der Waals surface area contributed by atoms with E-state index in [9.17, 15) is 14.4 Å². The molecule has 2 aromatic heterocycles. The van der Waals surface area contributed by atoms with Gasteiger partial charge in [0.1, 0.15) is 0 Å². The lowest BCUT2D eigenvalue weighted by atomic mass is 10.2. The number of thiazole rings is 1. The van der Waals surface area contributed by atoms with E-state index in [-0.39, 0.29) is 24.4 Å². The summed E-state index contributed by atoms with van der Waals surface area (Å²) in [6, 6.07) is 3.65. The van der Waals surface area contributed by atoms with Crippen LogP contribution < -0.4 is 5.32 Å². The molecule has 0 radical (unpaired) electrons. The van der Waals surface area contributed by atoms with Crippen LogP contribution in [0, 0.1) is 0 Å². The van der Waals surface area contributed by atoms with E-state index < -0.39 is 17.8 Å². The van der Waals surface area contributed by atoms with Crippen LogP contribution in [0.15, 0.2) is 17.5 Å². The first-order chi connectivity index (χ1) is 10.5. The molecule has 0 saturated heterocycles. The fourth-order valence-electron chi connectivity index (χ4n) is 1.67. The Bertz CT molecular complexity index is 693. The van der Waals surface area contributed by atoms with E-state index in [4.69, 9.17) is 10.2 Å². The molecule has 22 heavy (non-hydrogen) atoms. The van der Waals surface area contributed by atoms with Gasteiger partial charge in [-0.3, -0.25) is 14.4 Å². The van der Waals surface area contributed by atoms with Crippen LogP contribution in [0.4, 0.5) is 5.13 Å². The Morgan fingerprint density at radius 1 is 1.18 bits per heavy atom. The van der Waals surface area contributed by atoms with Crippen molar-refractivity contribution in [3.8, 4) is 10.6 Å². The van der Waals surface area contributed by atoms with Crippen LogP contribution in [0.1, 0.15) is 17.7 Å². The molecule has 0 saturated carbocycles. The van der Waals surface area contributed by atoms with E-state index in [1.807, 2.05) is 17.5 Å². The second kappa shape index (κ2) is 7.14. The molecule has 0 bridgehead atoms. The lowest BCUT2D eigenvalue weighted by Crippen LogP contribution is -2.12. The van der Waals surface area contributed by atoms with Gasteiger partial charge in [-0.2, -0.15) is 0 Å². The van der Waals surface area contributed by atoms with E-state index in [1.54, 1.807) is 0 Å². The first-order valence-corrected chi connectivity index (χ1v) is 7.92.